The largest absolute Gasteiger partial charge is 1.00 e. The molecule has 0 unspecified atom stereocenters. The zero-order valence-corrected chi connectivity index (χ0v) is 28.0. The average molecular weight is 652 g/mol. The molecule has 4 aromatic carbocycles. The van der Waals surface area contributed by atoms with Gasteiger partial charge in [0.1, 0.15) is 0 Å². The Morgan fingerprint density at radius 3 is 1.90 bits per heavy atom. The van der Waals surface area contributed by atoms with Crippen molar-refractivity contribution >= 4 is 11.5 Å². The molecule has 0 saturated carbocycles. The monoisotopic (exact) mass is 649 g/mol. The number of benzene rings is 4. The second-order valence-electron chi connectivity index (χ2n) is 11.3. The molecule has 0 heterocycles. The predicted octanol–water partition coefficient (Wildman–Crippen LogP) is 2.02. The third kappa shape index (κ3) is 5.20. The van der Waals surface area contributed by atoms with Crippen molar-refractivity contribution in [2.45, 2.75) is 43.0 Å². The van der Waals surface area contributed by atoms with Crippen LogP contribution in [0.15, 0.2) is 84.9 Å². The Labute approximate surface area is 257 Å². The summed E-state index contributed by atoms with van der Waals surface area (Å²) in [5, 5.41) is 0. The zero-order chi connectivity index (χ0) is 25.8. The van der Waals surface area contributed by atoms with Crippen LogP contribution in [0.4, 0.5) is 0 Å². The zero-order valence-electron chi connectivity index (χ0n) is 23.1. The molecular formula is C33H33Cl2O2SiZr. The summed E-state index contributed by atoms with van der Waals surface area (Å²) in [5.74, 6) is 0.985. The van der Waals surface area contributed by atoms with Crippen molar-refractivity contribution < 1.29 is 56.7 Å². The van der Waals surface area contributed by atoms with Gasteiger partial charge in [-0.05, 0) is 0 Å². The first-order chi connectivity index (χ1) is 17.8. The fourth-order valence-corrected chi connectivity index (χ4v) is 11.0. The first-order valence-corrected chi connectivity index (χ1v) is 19.0. The van der Waals surface area contributed by atoms with Crippen molar-refractivity contribution in [2.75, 3.05) is 6.79 Å². The van der Waals surface area contributed by atoms with Crippen LogP contribution in [0.1, 0.15) is 41.7 Å². The van der Waals surface area contributed by atoms with Gasteiger partial charge in [0.2, 0.25) is 0 Å². The molecule has 39 heavy (non-hydrogen) atoms. The van der Waals surface area contributed by atoms with E-state index in [1.165, 1.54) is 50.1 Å². The van der Waals surface area contributed by atoms with Crippen molar-refractivity contribution in [1.82, 2.24) is 0 Å². The van der Waals surface area contributed by atoms with Gasteiger partial charge in [-0.2, -0.15) is 0 Å². The molecule has 4 aromatic rings. The van der Waals surface area contributed by atoms with Crippen LogP contribution in [-0.2, 0) is 36.7 Å². The van der Waals surface area contributed by atoms with E-state index in [0.717, 1.165) is 12.2 Å². The maximum atomic E-state index is 6.62. The first kappa shape index (κ1) is 30.2. The number of halogens is 2. The van der Waals surface area contributed by atoms with E-state index in [1.807, 2.05) is 0 Å². The second kappa shape index (κ2) is 11.6. The van der Waals surface area contributed by atoms with E-state index in [0.29, 0.717) is 6.79 Å². The third-order valence-corrected chi connectivity index (χ3v) is 12.5. The third-order valence-electron chi connectivity index (χ3n) is 7.42. The fraction of sp³-hybridized carbons (Fsp3) is 0.242. The van der Waals surface area contributed by atoms with E-state index in [4.69, 9.17) is 9.16 Å². The Balaban J connectivity index is 0.00000176. The summed E-state index contributed by atoms with van der Waals surface area (Å²) in [7, 11) is -1.71. The van der Waals surface area contributed by atoms with Crippen LogP contribution in [0, 0.1) is 0 Å². The van der Waals surface area contributed by atoms with Crippen LogP contribution < -0.4 is 29.6 Å². The Bertz CT molecular complexity index is 1510. The van der Waals surface area contributed by atoms with E-state index < -0.39 is 31.1 Å². The van der Waals surface area contributed by atoms with Gasteiger partial charge in [-0.1, -0.05) is 0 Å². The quantitative estimate of drug-likeness (QED) is 0.207. The molecule has 6 heteroatoms. The first-order valence-electron chi connectivity index (χ1n) is 13.1. The Morgan fingerprint density at radius 1 is 0.744 bits per heavy atom. The topological polar surface area (TPSA) is 18.5 Å². The number of ether oxygens (including phenoxy) is 1. The number of hydrogen-bond donors (Lipinski definition) is 0. The maximum Gasteiger partial charge on any atom is -1.00 e. The van der Waals surface area contributed by atoms with Gasteiger partial charge in [0, 0.05) is 0 Å². The SMILES string of the molecule is C[C](C)=[Zr+2][C]1(c2c(OCO[Si](C)(C)C)ccc3c2Cc2ccccc2-3)c2ccccc2-c2ccccc21.[Cl-].[Cl-]. The number of fused-ring (bicyclic) bond motifs is 6. The maximum absolute atomic E-state index is 6.62. The molecule has 199 valence electrons. The minimum Gasteiger partial charge on any atom is -1.00 e. The molecule has 0 fully saturated rings. The van der Waals surface area contributed by atoms with Crippen LogP contribution in [0.25, 0.3) is 22.3 Å². The predicted molar refractivity (Wildman–Crippen MR) is 153 cm³/mol. The molecule has 0 spiro atoms. The molecule has 0 aliphatic heterocycles. The van der Waals surface area contributed by atoms with Crippen molar-refractivity contribution in [3.8, 4) is 28.0 Å². The molecule has 0 N–H and O–H groups in total. The van der Waals surface area contributed by atoms with Crippen molar-refractivity contribution in [1.29, 1.82) is 0 Å². The molecule has 2 aliphatic rings. The van der Waals surface area contributed by atoms with Crippen molar-refractivity contribution in [3.05, 3.63) is 113 Å². The summed E-state index contributed by atoms with van der Waals surface area (Å²) in [5.41, 5.74) is 12.6. The van der Waals surface area contributed by atoms with Crippen LogP contribution in [0.3, 0.4) is 0 Å². The Hall–Kier alpha value is -1.81. The smallest absolute Gasteiger partial charge is 1.00 e. The molecule has 0 bridgehead atoms. The average Bonchev–Trinajstić information content (AvgIpc) is 3.37. The van der Waals surface area contributed by atoms with Crippen molar-refractivity contribution in [2.24, 2.45) is 0 Å². The molecule has 2 aliphatic carbocycles. The van der Waals surface area contributed by atoms with Gasteiger partial charge in [-0.25, -0.2) is 0 Å². The van der Waals surface area contributed by atoms with E-state index in [2.05, 4.69) is 118 Å². The van der Waals surface area contributed by atoms with Crippen LogP contribution in [0.2, 0.25) is 19.6 Å². The molecule has 0 radical (unpaired) electrons. The van der Waals surface area contributed by atoms with Crippen molar-refractivity contribution in [3.63, 3.8) is 0 Å². The number of rotatable bonds is 6. The summed E-state index contributed by atoms with van der Waals surface area (Å²) >= 11 is -1.15. The molecule has 6 rings (SSSR count). The van der Waals surface area contributed by atoms with Gasteiger partial charge in [0.15, 0.2) is 0 Å². The minimum atomic E-state index is -1.71. The summed E-state index contributed by atoms with van der Waals surface area (Å²) in [6, 6.07) is 31.6. The molecule has 0 saturated heterocycles. The molecule has 0 aromatic heterocycles. The van der Waals surface area contributed by atoms with E-state index in [9.17, 15) is 0 Å². The normalized spacial score (nSPS) is 13.6. The van der Waals surface area contributed by atoms with Gasteiger partial charge in [0.05, 0.1) is 0 Å². The minimum absolute atomic E-state index is 0. The molecule has 0 amide bonds. The van der Waals surface area contributed by atoms with E-state index in [1.54, 1.807) is 3.21 Å². The molecule has 2 nitrogen and oxygen atoms in total. The standard InChI is InChI=1S/C30H27O2Si.C3H6.2ClH.Zr/c1-33(2,3)32-19-31-28-17-16-24-21-11-5-4-10-20(21)18-27(24)30(28)29-25-14-8-6-12-22(25)23-13-7-9-15-26(23)29;1-3-2;;;/h4-17H,18-19H2,1-3H3;1-2H3;2*1H;/q;;;;+2/p-2. The fourth-order valence-electron chi connectivity index (χ4n) is 6.07. The number of hydrogen-bond acceptors (Lipinski definition) is 2. The Kier molecular flexibility index (Phi) is 8.96. The van der Waals surface area contributed by atoms with Gasteiger partial charge in [0.25, 0.3) is 0 Å². The van der Waals surface area contributed by atoms with E-state index >= 15 is 0 Å². The van der Waals surface area contributed by atoms with Gasteiger partial charge in [-0.15, -0.1) is 0 Å². The summed E-state index contributed by atoms with van der Waals surface area (Å²) in [6.45, 7) is 11.6. The second-order valence-corrected chi connectivity index (χ2v) is 20.7. The summed E-state index contributed by atoms with van der Waals surface area (Å²) in [6.07, 6.45) is 0.946. The van der Waals surface area contributed by atoms with Crippen LogP contribution in [-0.4, -0.2) is 18.3 Å². The summed E-state index contributed by atoms with van der Waals surface area (Å²) < 4.78 is 14.2. The van der Waals surface area contributed by atoms with Gasteiger partial charge >= 0.3 is 234 Å². The van der Waals surface area contributed by atoms with E-state index in [-0.39, 0.29) is 27.9 Å². The van der Waals surface area contributed by atoms with Crippen LogP contribution >= 0.6 is 0 Å². The van der Waals surface area contributed by atoms with Crippen LogP contribution in [0.5, 0.6) is 5.75 Å². The van der Waals surface area contributed by atoms with Gasteiger partial charge in [-0.3, -0.25) is 0 Å². The molecule has 0 atom stereocenters. The van der Waals surface area contributed by atoms with Gasteiger partial charge < -0.3 is 24.8 Å². The molecular weight excluding hydrogens is 619 g/mol. The summed E-state index contributed by atoms with van der Waals surface area (Å²) in [4.78, 5) is 0. The Morgan fingerprint density at radius 2 is 1.31 bits per heavy atom.